The van der Waals surface area contributed by atoms with Gasteiger partial charge in [-0.25, -0.2) is 4.98 Å². The van der Waals surface area contributed by atoms with Crippen molar-refractivity contribution < 1.29 is 4.74 Å². The largest absolute Gasteiger partial charge is 0.384 e. The van der Waals surface area contributed by atoms with E-state index in [-0.39, 0.29) is 5.54 Å². The van der Waals surface area contributed by atoms with Crippen LogP contribution in [0.4, 0.5) is 5.13 Å². The summed E-state index contributed by atoms with van der Waals surface area (Å²) in [5, 5.41) is 3.98. The number of ether oxygens (including phenoxy) is 1. The van der Waals surface area contributed by atoms with Crippen LogP contribution in [0.1, 0.15) is 19.7 Å². The number of nitrogens with two attached hydrogens (primary N) is 1. The third-order valence-electron chi connectivity index (χ3n) is 1.69. The van der Waals surface area contributed by atoms with Crippen LogP contribution in [0.3, 0.4) is 0 Å². The highest BCUT2D eigenvalue weighted by Crippen LogP contribution is 2.12. The summed E-state index contributed by atoms with van der Waals surface area (Å²) in [6.45, 7) is 5.27. The third kappa shape index (κ3) is 5.06. The molecular formula is C9H18N4OS. The van der Waals surface area contributed by atoms with Gasteiger partial charge in [-0.1, -0.05) is 0 Å². The Kier molecular flexibility index (Phi) is 4.44. The van der Waals surface area contributed by atoms with E-state index >= 15 is 0 Å². The van der Waals surface area contributed by atoms with E-state index in [2.05, 4.69) is 14.7 Å². The van der Waals surface area contributed by atoms with Crippen molar-refractivity contribution in [3.8, 4) is 0 Å². The average molecular weight is 230 g/mol. The van der Waals surface area contributed by atoms with Gasteiger partial charge in [0.1, 0.15) is 5.82 Å². The van der Waals surface area contributed by atoms with Crippen LogP contribution >= 0.6 is 11.5 Å². The molecule has 86 valence electrons. The van der Waals surface area contributed by atoms with Crippen molar-refractivity contribution in [3.05, 3.63) is 5.82 Å². The quantitative estimate of drug-likeness (QED) is 0.759. The number of nitrogens with zero attached hydrogens (tertiary/aromatic N) is 2. The van der Waals surface area contributed by atoms with Crippen LogP contribution in [-0.4, -0.2) is 35.2 Å². The summed E-state index contributed by atoms with van der Waals surface area (Å²) in [5.41, 5.74) is 5.61. The van der Waals surface area contributed by atoms with E-state index < -0.39 is 0 Å². The number of nitrogens with one attached hydrogen (secondary N) is 1. The Hall–Kier alpha value is -0.720. The lowest BCUT2D eigenvalue weighted by Gasteiger charge is -2.17. The van der Waals surface area contributed by atoms with Crippen molar-refractivity contribution in [2.45, 2.75) is 25.8 Å². The molecule has 6 heteroatoms. The molecular weight excluding hydrogens is 212 g/mol. The molecule has 1 rings (SSSR count). The van der Waals surface area contributed by atoms with Crippen LogP contribution in [0.15, 0.2) is 0 Å². The SMILES string of the molecule is COCCc1nsc(NCC(C)(C)N)n1. The Labute approximate surface area is 94.2 Å². The molecule has 0 fully saturated rings. The van der Waals surface area contributed by atoms with E-state index in [1.807, 2.05) is 13.8 Å². The first kappa shape index (κ1) is 12.4. The van der Waals surface area contributed by atoms with Gasteiger partial charge in [-0.05, 0) is 13.8 Å². The molecule has 1 aromatic rings. The Morgan fingerprint density at radius 3 is 2.87 bits per heavy atom. The number of hydrogen-bond acceptors (Lipinski definition) is 6. The summed E-state index contributed by atoms with van der Waals surface area (Å²) in [7, 11) is 1.67. The van der Waals surface area contributed by atoms with Gasteiger partial charge < -0.3 is 15.8 Å². The van der Waals surface area contributed by atoms with Gasteiger partial charge in [-0.15, -0.1) is 0 Å². The monoisotopic (exact) mass is 230 g/mol. The van der Waals surface area contributed by atoms with Crippen LogP contribution in [-0.2, 0) is 11.2 Å². The second kappa shape index (κ2) is 5.39. The minimum absolute atomic E-state index is 0.238. The van der Waals surface area contributed by atoms with Crippen LogP contribution < -0.4 is 11.1 Å². The van der Waals surface area contributed by atoms with Crippen molar-refractivity contribution in [1.29, 1.82) is 0 Å². The highest BCUT2D eigenvalue weighted by atomic mass is 32.1. The standard InChI is InChI=1S/C9H18N4OS/c1-9(2,10)6-11-8-12-7(13-15-8)4-5-14-3/h4-6,10H2,1-3H3,(H,11,12,13). The Morgan fingerprint density at radius 1 is 1.53 bits per heavy atom. The van der Waals surface area contributed by atoms with Gasteiger partial charge in [0.2, 0.25) is 5.13 Å². The lowest BCUT2D eigenvalue weighted by atomic mass is 10.1. The number of methoxy groups -OCH3 is 1. The lowest BCUT2D eigenvalue weighted by Crippen LogP contribution is -2.39. The summed E-state index contributed by atoms with van der Waals surface area (Å²) in [5.74, 6) is 0.819. The topological polar surface area (TPSA) is 73.1 Å². The molecule has 1 aromatic heterocycles. The van der Waals surface area contributed by atoms with Crippen molar-refractivity contribution in [3.63, 3.8) is 0 Å². The highest BCUT2D eigenvalue weighted by molar-refractivity contribution is 7.09. The number of anilines is 1. The molecule has 15 heavy (non-hydrogen) atoms. The second-order valence-corrected chi connectivity index (χ2v) is 4.85. The zero-order valence-corrected chi connectivity index (χ0v) is 10.2. The van der Waals surface area contributed by atoms with Crippen molar-refractivity contribution in [2.24, 2.45) is 5.73 Å². The summed E-state index contributed by atoms with van der Waals surface area (Å²) in [6.07, 6.45) is 0.751. The first-order valence-corrected chi connectivity index (χ1v) is 5.63. The summed E-state index contributed by atoms with van der Waals surface area (Å²) in [4.78, 5) is 4.31. The van der Waals surface area contributed by atoms with Crippen molar-refractivity contribution in [1.82, 2.24) is 9.36 Å². The number of aromatic nitrogens is 2. The minimum Gasteiger partial charge on any atom is -0.384 e. The minimum atomic E-state index is -0.238. The normalized spacial score (nSPS) is 11.7. The average Bonchev–Trinajstić information content (AvgIpc) is 2.58. The third-order valence-corrected chi connectivity index (χ3v) is 2.40. The maximum absolute atomic E-state index is 5.84. The van der Waals surface area contributed by atoms with Crippen LogP contribution in [0.2, 0.25) is 0 Å². The maximum Gasteiger partial charge on any atom is 0.202 e. The molecule has 0 radical (unpaired) electrons. The van der Waals surface area contributed by atoms with E-state index in [1.54, 1.807) is 7.11 Å². The molecule has 0 saturated carbocycles. The number of hydrogen-bond donors (Lipinski definition) is 2. The fourth-order valence-electron chi connectivity index (χ4n) is 0.924. The Morgan fingerprint density at radius 2 is 2.27 bits per heavy atom. The molecule has 0 unspecified atom stereocenters. The molecule has 0 amide bonds. The molecule has 0 aromatic carbocycles. The molecule has 0 aliphatic rings. The van der Waals surface area contributed by atoms with E-state index in [0.29, 0.717) is 13.2 Å². The molecule has 0 saturated heterocycles. The molecule has 0 spiro atoms. The summed E-state index contributed by atoms with van der Waals surface area (Å²) >= 11 is 1.36. The molecule has 0 aliphatic heterocycles. The molecule has 0 bridgehead atoms. The van der Waals surface area contributed by atoms with Crippen molar-refractivity contribution >= 4 is 16.7 Å². The molecule has 5 nitrogen and oxygen atoms in total. The fourth-order valence-corrected chi connectivity index (χ4v) is 1.53. The summed E-state index contributed by atoms with van der Waals surface area (Å²) < 4.78 is 9.16. The smallest absolute Gasteiger partial charge is 0.202 e. The van der Waals surface area contributed by atoms with Crippen LogP contribution in [0.25, 0.3) is 0 Å². The second-order valence-electron chi connectivity index (χ2n) is 4.10. The molecule has 3 N–H and O–H groups in total. The molecule has 0 atom stereocenters. The predicted molar refractivity (Wildman–Crippen MR) is 62.2 cm³/mol. The Bertz CT molecular complexity index is 295. The molecule has 0 aliphatic carbocycles. The summed E-state index contributed by atoms with van der Waals surface area (Å²) in [6, 6.07) is 0. The van der Waals surface area contributed by atoms with E-state index in [0.717, 1.165) is 17.4 Å². The van der Waals surface area contributed by atoms with E-state index in [9.17, 15) is 0 Å². The van der Waals surface area contributed by atoms with Crippen molar-refractivity contribution in [2.75, 3.05) is 25.6 Å². The van der Waals surface area contributed by atoms with Gasteiger partial charge >= 0.3 is 0 Å². The van der Waals surface area contributed by atoms with Gasteiger partial charge in [-0.2, -0.15) is 4.37 Å². The van der Waals surface area contributed by atoms with Gasteiger partial charge in [0.15, 0.2) is 0 Å². The zero-order chi connectivity index (χ0) is 11.3. The van der Waals surface area contributed by atoms with Gasteiger partial charge in [-0.3, -0.25) is 0 Å². The van der Waals surface area contributed by atoms with E-state index in [1.165, 1.54) is 11.5 Å². The van der Waals surface area contributed by atoms with Gasteiger partial charge in [0, 0.05) is 37.1 Å². The highest BCUT2D eigenvalue weighted by Gasteiger charge is 2.11. The van der Waals surface area contributed by atoms with Gasteiger partial charge in [0.05, 0.1) is 6.61 Å². The predicted octanol–water partition coefficient (Wildman–Crippen LogP) is 0.876. The lowest BCUT2D eigenvalue weighted by molar-refractivity contribution is 0.201. The maximum atomic E-state index is 5.84. The first-order chi connectivity index (χ1) is 7.01. The molecule has 1 heterocycles. The Balaban J connectivity index is 2.39. The zero-order valence-electron chi connectivity index (χ0n) is 9.41. The number of rotatable bonds is 6. The first-order valence-electron chi connectivity index (χ1n) is 4.85. The van der Waals surface area contributed by atoms with Crippen LogP contribution in [0.5, 0.6) is 0 Å². The fraction of sp³-hybridized carbons (Fsp3) is 0.778. The van der Waals surface area contributed by atoms with Crippen LogP contribution in [0, 0.1) is 0 Å². The van der Waals surface area contributed by atoms with E-state index in [4.69, 9.17) is 10.5 Å². The van der Waals surface area contributed by atoms with Gasteiger partial charge in [0.25, 0.3) is 0 Å².